The number of ether oxygens (including phenoxy) is 1. The summed E-state index contributed by atoms with van der Waals surface area (Å²) in [6, 6.07) is 9.64. The summed E-state index contributed by atoms with van der Waals surface area (Å²) in [6.45, 7) is 2.36. The Morgan fingerprint density at radius 2 is 2.07 bits per heavy atom. The van der Waals surface area contributed by atoms with Gasteiger partial charge in [-0.2, -0.15) is 0 Å². The van der Waals surface area contributed by atoms with Crippen LogP contribution in [0.2, 0.25) is 0 Å². The fraction of sp³-hybridized carbons (Fsp3) is 0.280. The SMILES string of the molecule is CCCCCc1nc(C(=O)OCc2ccccc2)c(-c2c[nH]c3c2CC=CC=C3)o1. The number of nitrogens with one attached hydrogen (secondary N) is 1. The Balaban J connectivity index is 1.63. The van der Waals surface area contributed by atoms with Gasteiger partial charge in [0.25, 0.3) is 0 Å². The summed E-state index contributed by atoms with van der Waals surface area (Å²) < 4.78 is 11.7. The number of benzene rings is 1. The highest BCUT2D eigenvalue weighted by molar-refractivity contribution is 5.94. The third-order valence-electron chi connectivity index (χ3n) is 5.17. The van der Waals surface area contributed by atoms with E-state index in [4.69, 9.17) is 9.15 Å². The molecule has 0 unspecified atom stereocenters. The topological polar surface area (TPSA) is 68.1 Å². The van der Waals surface area contributed by atoms with E-state index in [1.165, 1.54) is 0 Å². The smallest absolute Gasteiger partial charge is 0.361 e. The Morgan fingerprint density at radius 3 is 2.90 bits per heavy atom. The molecule has 4 rings (SSSR count). The molecule has 2 heterocycles. The van der Waals surface area contributed by atoms with Crippen molar-refractivity contribution in [2.75, 3.05) is 0 Å². The van der Waals surface area contributed by atoms with Gasteiger partial charge in [-0.3, -0.25) is 0 Å². The number of fused-ring (bicyclic) bond motifs is 1. The fourth-order valence-corrected chi connectivity index (χ4v) is 3.57. The highest BCUT2D eigenvalue weighted by atomic mass is 16.5. The Labute approximate surface area is 176 Å². The largest absolute Gasteiger partial charge is 0.456 e. The number of carbonyl (C=O) groups is 1. The van der Waals surface area contributed by atoms with Crippen LogP contribution in [0.15, 0.2) is 59.2 Å². The second-order valence-corrected chi connectivity index (χ2v) is 7.39. The van der Waals surface area contributed by atoms with Crippen LogP contribution in [0.3, 0.4) is 0 Å². The van der Waals surface area contributed by atoms with Crippen LogP contribution >= 0.6 is 0 Å². The van der Waals surface area contributed by atoms with Gasteiger partial charge >= 0.3 is 5.97 Å². The van der Waals surface area contributed by atoms with E-state index in [2.05, 4.69) is 23.0 Å². The molecule has 0 bridgehead atoms. The zero-order valence-corrected chi connectivity index (χ0v) is 17.2. The minimum absolute atomic E-state index is 0.202. The zero-order chi connectivity index (χ0) is 20.8. The molecule has 0 fully saturated rings. The van der Waals surface area contributed by atoms with Gasteiger partial charge in [-0.05, 0) is 30.0 Å². The summed E-state index contributed by atoms with van der Waals surface area (Å²) in [5.74, 6) is 0.606. The van der Waals surface area contributed by atoms with Crippen molar-refractivity contribution in [1.82, 2.24) is 9.97 Å². The van der Waals surface area contributed by atoms with Crippen molar-refractivity contribution < 1.29 is 13.9 Å². The Bertz CT molecular complexity index is 1060. The molecule has 0 saturated carbocycles. The van der Waals surface area contributed by atoms with Gasteiger partial charge in [-0.15, -0.1) is 0 Å². The summed E-state index contributed by atoms with van der Waals surface area (Å²) >= 11 is 0. The van der Waals surface area contributed by atoms with Crippen LogP contribution < -0.4 is 0 Å². The molecular formula is C25H26N2O3. The van der Waals surface area contributed by atoms with E-state index in [9.17, 15) is 4.79 Å². The number of esters is 1. The fourth-order valence-electron chi connectivity index (χ4n) is 3.57. The zero-order valence-electron chi connectivity index (χ0n) is 17.2. The molecule has 0 saturated heterocycles. The van der Waals surface area contributed by atoms with Crippen molar-refractivity contribution in [3.8, 4) is 11.3 Å². The van der Waals surface area contributed by atoms with Crippen molar-refractivity contribution in [2.45, 2.75) is 45.6 Å². The number of hydrogen-bond donors (Lipinski definition) is 1. The molecule has 0 atom stereocenters. The number of nitrogens with zero attached hydrogens (tertiary/aromatic N) is 1. The van der Waals surface area contributed by atoms with Gasteiger partial charge in [-0.25, -0.2) is 9.78 Å². The van der Waals surface area contributed by atoms with E-state index in [0.717, 1.165) is 48.1 Å². The Morgan fingerprint density at radius 1 is 1.20 bits per heavy atom. The maximum atomic E-state index is 12.9. The predicted octanol–water partition coefficient (Wildman–Crippen LogP) is 5.88. The summed E-state index contributed by atoms with van der Waals surface area (Å²) in [5.41, 5.74) is 4.15. The molecule has 1 N–H and O–H groups in total. The first kappa shape index (κ1) is 20.0. The average Bonchev–Trinajstić information content (AvgIpc) is 3.29. The molecular weight excluding hydrogens is 376 g/mol. The van der Waals surface area contributed by atoms with Crippen molar-refractivity contribution in [2.24, 2.45) is 0 Å². The van der Waals surface area contributed by atoms with Crippen molar-refractivity contribution in [3.63, 3.8) is 0 Å². The number of oxazole rings is 1. The van der Waals surface area contributed by atoms with Gasteiger partial charge in [0.1, 0.15) is 6.61 Å². The molecule has 5 heteroatoms. The van der Waals surface area contributed by atoms with Gasteiger partial charge in [0.2, 0.25) is 0 Å². The van der Waals surface area contributed by atoms with E-state index < -0.39 is 5.97 Å². The van der Waals surface area contributed by atoms with E-state index in [1.807, 2.05) is 54.8 Å². The number of unbranched alkanes of at least 4 members (excludes halogenated alkanes) is 2. The van der Waals surface area contributed by atoms with Crippen molar-refractivity contribution >= 4 is 12.0 Å². The Hall–Kier alpha value is -3.34. The maximum absolute atomic E-state index is 12.9. The van der Waals surface area contributed by atoms with Gasteiger partial charge in [0.05, 0.1) is 0 Å². The number of aromatic amines is 1. The first-order chi connectivity index (χ1) is 14.8. The quantitative estimate of drug-likeness (QED) is 0.377. The van der Waals surface area contributed by atoms with E-state index in [0.29, 0.717) is 18.1 Å². The lowest BCUT2D eigenvalue weighted by Gasteiger charge is -2.05. The molecule has 1 aliphatic rings. The predicted molar refractivity (Wildman–Crippen MR) is 117 cm³/mol. The van der Waals surface area contributed by atoms with Crippen molar-refractivity contribution in [1.29, 1.82) is 0 Å². The first-order valence-electron chi connectivity index (χ1n) is 10.5. The van der Waals surface area contributed by atoms with Gasteiger partial charge in [0.15, 0.2) is 17.3 Å². The lowest BCUT2D eigenvalue weighted by atomic mass is 10.0. The minimum Gasteiger partial charge on any atom is -0.456 e. The third kappa shape index (κ3) is 4.46. The maximum Gasteiger partial charge on any atom is 0.361 e. The lowest BCUT2D eigenvalue weighted by Crippen LogP contribution is -2.07. The van der Waals surface area contributed by atoms with Crippen molar-refractivity contribution in [3.05, 3.63) is 83.2 Å². The highest BCUT2D eigenvalue weighted by Crippen LogP contribution is 2.33. The normalized spacial score (nSPS) is 12.6. The standard InChI is InChI=1S/C25H26N2O3/c1-2-3-6-15-22-27-23(25(28)29-17-18-11-7-4-8-12-18)24(30-22)20-16-26-21-14-10-5-9-13-19(20)21/h4-5,7-12,14,16,26H,2-3,6,13,15,17H2,1H3. The average molecular weight is 402 g/mol. The molecule has 2 aromatic heterocycles. The molecule has 1 aromatic carbocycles. The van der Waals surface area contributed by atoms with E-state index >= 15 is 0 Å². The number of H-pyrrole nitrogens is 1. The number of carbonyl (C=O) groups excluding carboxylic acids is 1. The van der Waals surface area contributed by atoms with Crippen LogP contribution in [0.5, 0.6) is 0 Å². The first-order valence-corrected chi connectivity index (χ1v) is 10.5. The highest BCUT2D eigenvalue weighted by Gasteiger charge is 2.26. The lowest BCUT2D eigenvalue weighted by molar-refractivity contribution is 0.0467. The van der Waals surface area contributed by atoms with E-state index in [-0.39, 0.29) is 12.3 Å². The van der Waals surface area contributed by atoms with E-state index in [1.54, 1.807) is 0 Å². The molecule has 1 aliphatic carbocycles. The molecule has 0 spiro atoms. The number of hydrogen-bond acceptors (Lipinski definition) is 4. The number of allylic oxidation sites excluding steroid dienone is 3. The molecule has 5 nitrogen and oxygen atoms in total. The van der Waals surface area contributed by atoms with Crippen LogP contribution in [0.25, 0.3) is 17.4 Å². The molecule has 30 heavy (non-hydrogen) atoms. The number of aryl methyl sites for hydroxylation is 1. The minimum atomic E-state index is -0.464. The number of aromatic nitrogens is 2. The van der Waals surface area contributed by atoms with Crippen LogP contribution in [0, 0.1) is 0 Å². The summed E-state index contributed by atoms with van der Waals surface area (Å²) in [5, 5.41) is 0. The van der Waals surface area contributed by atoms with Crippen LogP contribution in [-0.2, 0) is 24.2 Å². The summed E-state index contributed by atoms with van der Waals surface area (Å²) in [7, 11) is 0. The van der Waals surface area contributed by atoms with Crippen LogP contribution in [0.1, 0.15) is 59.4 Å². The van der Waals surface area contributed by atoms with Gasteiger partial charge < -0.3 is 14.1 Å². The molecule has 154 valence electrons. The van der Waals surface area contributed by atoms with Crippen LogP contribution in [0.4, 0.5) is 0 Å². The van der Waals surface area contributed by atoms with Crippen LogP contribution in [-0.4, -0.2) is 15.9 Å². The third-order valence-corrected chi connectivity index (χ3v) is 5.17. The second-order valence-electron chi connectivity index (χ2n) is 7.39. The molecule has 3 aromatic rings. The van der Waals surface area contributed by atoms with Gasteiger partial charge in [0, 0.05) is 23.9 Å². The van der Waals surface area contributed by atoms with Gasteiger partial charge in [-0.1, -0.05) is 68.3 Å². The monoisotopic (exact) mass is 402 g/mol. The number of rotatable bonds is 8. The summed E-state index contributed by atoms with van der Waals surface area (Å²) in [4.78, 5) is 20.7. The molecule has 0 aliphatic heterocycles. The molecule has 0 amide bonds. The second kappa shape index (κ2) is 9.44. The summed E-state index contributed by atoms with van der Waals surface area (Å²) in [6.07, 6.45) is 14.7. The molecule has 0 radical (unpaired) electrons. The Kier molecular flexibility index (Phi) is 6.28.